The molecule has 0 nitrogen and oxygen atoms in total. The molecule has 0 aromatic heterocycles. The van der Waals surface area contributed by atoms with Gasteiger partial charge in [-0.2, -0.15) is 0 Å². The molecule has 80 valence electrons. The molecule has 1 heteroatoms. The summed E-state index contributed by atoms with van der Waals surface area (Å²) in [6, 6.07) is 0. The molecule has 0 spiro atoms. The Morgan fingerprint density at radius 1 is 1.29 bits per heavy atom. The van der Waals surface area contributed by atoms with Crippen LogP contribution in [0.15, 0.2) is 0 Å². The van der Waals surface area contributed by atoms with Crippen LogP contribution < -0.4 is 0 Å². The van der Waals surface area contributed by atoms with Gasteiger partial charge in [0.1, 0.15) is 0 Å². The van der Waals surface area contributed by atoms with E-state index in [1.54, 1.807) is 6.92 Å². The minimum Gasteiger partial charge on any atom is -0.230 e. The molecule has 14 heavy (non-hydrogen) atoms. The molecule has 0 N–H and O–H groups in total. The van der Waals surface area contributed by atoms with Gasteiger partial charge < -0.3 is 0 Å². The molecule has 0 saturated carbocycles. The molecule has 0 amide bonds. The van der Waals surface area contributed by atoms with Gasteiger partial charge in [0.25, 0.3) is 0 Å². The number of halogens is 1. The van der Waals surface area contributed by atoms with Crippen molar-refractivity contribution in [1.29, 1.82) is 0 Å². The van der Waals surface area contributed by atoms with Crippen LogP contribution in [0, 0.1) is 23.2 Å². The van der Waals surface area contributed by atoms with E-state index in [9.17, 15) is 4.39 Å². The van der Waals surface area contributed by atoms with Gasteiger partial charge in [-0.05, 0) is 37.5 Å². The molecular weight excluding hydrogens is 175 g/mol. The summed E-state index contributed by atoms with van der Waals surface area (Å²) < 4.78 is 13.7. The third-order valence-corrected chi connectivity index (χ3v) is 3.15. The predicted molar refractivity (Wildman–Crippen MR) is 58.7 cm³/mol. The second-order valence-corrected chi connectivity index (χ2v) is 5.64. The first-order valence-electron chi connectivity index (χ1n) is 5.50. The molecule has 0 radical (unpaired) electrons. The normalized spacial score (nSPS) is 33.9. The van der Waals surface area contributed by atoms with Crippen molar-refractivity contribution < 1.29 is 4.39 Å². The fraction of sp³-hybridized carbons (Fsp3) is 0.846. The molecule has 0 aliphatic heterocycles. The minimum absolute atomic E-state index is 0.287. The maximum absolute atomic E-state index is 13.7. The van der Waals surface area contributed by atoms with Crippen LogP contribution >= 0.6 is 0 Å². The van der Waals surface area contributed by atoms with Crippen LogP contribution in [0.1, 0.15) is 53.4 Å². The van der Waals surface area contributed by atoms with Gasteiger partial charge in [0.05, 0.1) is 0 Å². The first-order chi connectivity index (χ1) is 6.31. The molecule has 0 aromatic carbocycles. The molecule has 2 unspecified atom stereocenters. The highest BCUT2D eigenvalue weighted by molar-refractivity contribution is 5.13. The van der Waals surface area contributed by atoms with E-state index in [-0.39, 0.29) is 5.41 Å². The van der Waals surface area contributed by atoms with Crippen LogP contribution in [-0.4, -0.2) is 5.67 Å². The second-order valence-electron chi connectivity index (χ2n) is 5.64. The standard InChI is InChI=1S/C13H21F/c1-12(2,3)11-7-5-6-9-13(4,14)10-8-11/h11H,5,7-8,10H2,1-4H3. The third kappa shape index (κ3) is 3.33. The lowest BCUT2D eigenvalue weighted by molar-refractivity contribution is 0.165. The largest absolute Gasteiger partial charge is 0.230 e. The molecule has 1 rings (SSSR count). The SMILES string of the molecule is CC1(F)C#CCCC(C(C)(C)C)CC1. The Balaban J connectivity index is 2.69. The summed E-state index contributed by atoms with van der Waals surface area (Å²) in [5.41, 5.74) is -0.973. The van der Waals surface area contributed by atoms with E-state index in [0.717, 1.165) is 19.3 Å². The van der Waals surface area contributed by atoms with Crippen molar-refractivity contribution in [2.45, 2.75) is 59.0 Å². The summed E-state index contributed by atoms with van der Waals surface area (Å²) in [5, 5.41) is 0. The molecule has 0 fully saturated rings. The van der Waals surface area contributed by atoms with Crippen molar-refractivity contribution in [1.82, 2.24) is 0 Å². The van der Waals surface area contributed by atoms with Crippen molar-refractivity contribution in [2.75, 3.05) is 0 Å². The molecule has 0 bridgehead atoms. The van der Waals surface area contributed by atoms with Gasteiger partial charge in [-0.25, -0.2) is 4.39 Å². The monoisotopic (exact) mass is 196 g/mol. The van der Waals surface area contributed by atoms with Gasteiger partial charge in [-0.1, -0.05) is 32.6 Å². The van der Waals surface area contributed by atoms with E-state index in [4.69, 9.17) is 0 Å². The highest BCUT2D eigenvalue weighted by Crippen LogP contribution is 2.36. The Hall–Kier alpha value is -0.510. The average molecular weight is 196 g/mol. The summed E-state index contributed by atoms with van der Waals surface area (Å²) in [4.78, 5) is 0. The first kappa shape index (κ1) is 11.6. The highest BCUT2D eigenvalue weighted by Gasteiger charge is 2.29. The topological polar surface area (TPSA) is 0 Å². The Labute approximate surface area is 87.3 Å². The molecular formula is C13H21F. The van der Waals surface area contributed by atoms with Gasteiger partial charge >= 0.3 is 0 Å². The van der Waals surface area contributed by atoms with Gasteiger partial charge in [-0.15, -0.1) is 0 Å². The molecule has 0 saturated heterocycles. The zero-order chi connectivity index (χ0) is 10.8. The second kappa shape index (κ2) is 3.93. The van der Waals surface area contributed by atoms with E-state index in [1.807, 2.05) is 0 Å². The lowest BCUT2D eigenvalue weighted by Crippen LogP contribution is -2.25. The van der Waals surface area contributed by atoms with Crippen LogP contribution in [-0.2, 0) is 0 Å². The molecule has 1 aliphatic carbocycles. The summed E-state index contributed by atoms with van der Waals surface area (Å²) in [6.45, 7) is 8.32. The maximum atomic E-state index is 13.7. The Morgan fingerprint density at radius 2 is 1.93 bits per heavy atom. The number of hydrogen-bond donors (Lipinski definition) is 0. The summed E-state index contributed by atoms with van der Waals surface area (Å²) >= 11 is 0. The Bertz CT molecular complexity index is 247. The lowest BCUT2D eigenvalue weighted by Gasteiger charge is -2.32. The Kier molecular flexibility index (Phi) is 3.24. The van der Waals surface area contributed by atoms with E-state index in [1.165, 1.54) is 0 Å². The highest BCUT2D eigenvalue weighted by atomic mass is 19.1. The predicted octanol–water partition coefficient (Wildman–Crippen LogP) is 3.95. The quantitative estimate of drug-likeness (QED) is 0.514. The van der Waals surface area contributed by atoms with Crippen LogP contribution in [0.4, 0.5) is 4.39 Å². The fourth-order valence-electron chi connectivity index (χ4n) is 2.01. The van der Waals surface area contributed by atoms with Crippen molar-refractivity contribution in [3.05, 3.63) is 0 Å². The summed E-state index contributed by atoms with van der Waals surface area (Å²) in [6.07, 6.45) is 3.52. The maximum Gasteiger partial charge on any atom is 0.168 e. The van der Waals surface area contributed by atoms with E-state index in [0.29, 0.717) is 12.3 Å². The van der Waals surface area contributed by atoms with Crippen molar-refractivity contribution in [3.8, 4) is 11.8 Å². The van der Waals surface area contributed by atoms with Crippen molar-refractivity contribution in [3.63, 3.8) is 0 Å². The third-order valence-electron chi connectivity index (χ3n) is 3.15. The Morgan fingerprint density at radius 3 is 2.50 bits per heavy atom. The molecule has 2 atom stereocenters. The summed E-state index contributed by atoms with van der Waals surface area (Å²) in [5.74, 6) is 6.27. The number of hydrogen-bond acceptors (Lipinski definition) is 0. The van der Waals surface area contributed by atoms with Crippen LogP contribution in [0.2, 0.25) is 0 Å². The van der Waals surface area contributed by atoms with Gasteiger partial charge in [-0.3, -0.25) is 0 Å². The average Bonchev–Trinajstić information content (AvgIpc) is 1.96. The summed E-state index contributed by atoms with van der Waals surface area (Å²) in [7, 11) is 0. The first-order valence-corrected chi connectivity index (χ1v) is 5.50. The van der Waals surface area contributed by atoms with E-state index >= 15 is 0 Å². The van der Waals surface area contributed by atoms with Crippen LogP contribution in [0.5, 0.6) is 0 Å². The van der Waals surface area contributed by atoms with Gasteiger partial charge in [0, 0.05) is 6.42 Å². The minimum atomic E-state index is -1.26. The molecule has 0 aromatic rings. The van der Waals surface area contributed by atoms with Crippen molar-refractivity contribution >= 4 is 0 Å². The zero-order valence-electron chi connectivity index (χ0n) is 9.78. The fourth-order valence-corrected chi connectivity index (χ4v) is 2.01. The number of rotatable bonds is 0. The van der Waals surface area contributed by atoms with E-state index < -0.39 is 5.67 Å². The van der Waals surface area contributed by atoms with E-state index in [2.05, 4.69) is 32.6 Å². The van der Waals surface area contributed by atoms with Crippen molar-refractivity contribution in [2.24, 2.45) is 11.3 Å². The van der Waals surface area contributed by atoms with Gasteiger partial charge in [0.15, 0.2) is 5.67 Å². The lowest BCUT2D eigenvalue weighted by atomic mass is 9.74. The number of alkyl halides is 1. The van der Waals surface area contributed by atoms with Crippen LogP contribution in [0.3, 0.4) is 0 Å². The zero-order valence-corrected chi connectivity index (χ0v) is 9.78. The smallest absolute Gasteiger partial charge is 0.168 e. The van der Waals surface area contributed by atoms with Gasteiger partial charge in [0.2, 0.25) is 0 Å². The molecule has 1 aliphatic rings. The van der Waals surface area contributed by atoms with Crippen LogP contribution in [0.25, 0.3) is 0 Å². The molecule has 0 heterocycles.